The molecule has 3 rings (SSSR count). The molecule has 1 amide bonds. The minimum absolute atomic E-state index is 0.109. The van der Waals surface area contributed by atoms with Crippen molar-refractivity contribution in [1.29, 1.82) is 0 Å². The molecule has 3 nitrogen and oxygen atoms in total. The fourth-order valence-electron chi connectivity index (χ4n) is 2.49. The lowest BCUT2D eigenvalue weighted by atomic mass is 10.1. The Morgan fingerprint density at radius 3 is 2.56 bits per heavy atom. The van der Waals surface area contributed by atoms with Crippen molar-refractivity contribution in [1.82, 2.24) is 5.43 Å². The van der Waals surface area contributed by atoms with Crippen LogP contribution in [-0.2, 0) is 4.79 Å². The Bertz CT molecular complexity index is 898. The van der Waals surface area contributed by atoms with E-state index < -0.39 is 0 Å². The van der Waals surface area contributed by atoms with Crippen molar-refractivity contribution in [3.05, 3.63) is 77.9 Å². The predicted octanol–water partition coefficient (Wildman–Crippen LogP) is 4.78. The first-order valence-corrected chi connectivity index (χ1v) is 9.05. The fourth-order valence-corrected chi connectivity index (χ4v) is 3.36. The highest BCUT2D eigenvalue weighted by molar-refractivity contribution is 8.00. The van der Waals surface area contributed by atoms with Crippen molar-refractivity contribution in [2.75, 3.05) is 0 Å². The highest BCUT2D eigenvalue weighted by atomic mass is 32.2. The molecule has 3 aromatic carbocycles. The molecule has 1 atom stereocenters. The monoisotopic (exact) mass is 348 g/mol. The van der Waals surface area contributed by atoms with Gasteiger partial charge in [0.05, 0.1) is 11.5 Å². The summed E-state index contributed by atoms with van der Waals surface area (Å²) < 4.78 is 0. The molecular weight excluding hydrogens is 328 g/mol. The van der Waals surface area contributed by atoms with Crippen molar-refractivity contribution in [2.24, 2.45) is 5.10 Å². The molecule has 0 radical (unpaired) electrons. The van der Waals surface area contributed by atoms with Gasteiger partial charge in [-0.1, -0.05) is 60.2 Å². The van der Waals surface area contributed by atoms with Crippen molar-refractivity contribution >= 4 is 34.7 Å². The van der Waals surface area contributed by atoms with Gasteiger partial charge in [0.1, 0.15) is 0 Å². The third kappa shape index (κ3) is 4.48. The van der Waals surface area contributed by atoms with Crippen molar-refractivity contribution in [2.45, 2.75) is 24.0 Å². The van der Waals surface area contributed by atoms with E-state index in [1.54, 1.807) is 6.21 Å². The molecule has 0 saturated carbocycles. The second kappa shape index (κ2) is 7.99. The maximum Gasteiger partial charge on any atom is 0.253 e. The first-order valence-electron chi connectivity index (χ1n) is 8.17. The Hall–Kier alpha value is -2.59. The van der Waals surface area contributed by atoms with Gasteiger partial charge in [0.25, 0.3) is 5.91 Å². The second-order valence-electron chi connectivity index (χ2n) is 5.88. The molecule has 25 heavy (non-hydrogen) atoms. The molecule has 0 heterocycles. The number of rotatable bonds is 5. The third-order valence-electron chi connectivity index (χ3n) is 3.90. The van der Waals surface area contributed by atoms with Crippen LogP contribution in [0.3, 0.4) is 0 Å². The van der Waals surface area contributed by atoms with E-state index in [1.165, 1.54) is 17.3 Å². The van der Waals surface area contributed by atoms with Crippen LogP contribution in [0.4, 0.5) is 0 Å². The molecule has 0 unspecified atom stereocenters. The number of hydrogen-bond acceptors (Lipinski definition) is 3. The Labute approximate surface area is 152 Å². The van der Waals surface area contributed by atoms with Gasteiger partial charge in [-0.05, 0) is 36.8 Å². The minimum Gasteiger partial charge on any atom is -0.272 e. The lowest BCUT2D eigenvalue weighted by Crippen LogP contribution is -2.26. The zero-order chi connectivity index (χ0) is 17.6. The molecular formula is C21H20N2OS. The van der Waals surface area contributed by atoms with Crippen LogP contribution < -0.4 is 5.43 Å². The lowest BCUT2D eigenvalue weighted by Gasteiger charge is -2.09. The first-order chi connectivity index (χ1) is 12.1. The Kier molecular flexibility index (Phi) is 5.51. The summed E-state index contributed by atoms with van der Waals surface area (Å²) in [6.07, 6.45) is 1.70. The van der Waals surface area contributed by atoms with Crippen LogP contribution in [0.5, 0.6) is 0 Å². The average molecular weight is 348 g/mol. The van der Waals surface area contributed by atoms with E-state index in [0.29, 0.717) is 0 Å². The van der Waals surface area contributed by atoms with Crippen LogP contribution in [-0.4, -0.2) is 17.4 Å². The van der Waals surface area contributed by atoms with E-state index in [2.05, 4.69) is 22.7 Å². The largest absolute Gasteiger partial charge is 0.272 e. The van der Waals surface area contributed by atoms with Crippen LogP contribution in [0.1, 0.15) is 18.1 Å². The SMILES string of the molecule is Cc1ccc(S[C@H](C)C(=O)N/N=C\c2cccc3ccccc23)cc1. The Morgan fingerprint density at radius 2 is 1.76 bits per heavy atom. The van der Waals surface area contributed by atoms with E-state index in [4.69, 9.17) is 0 Å². The second-order valence-corrected chi connectivity index (χ2v) is 7.29. The Morgan fingerprint density at radius 1 is 1.04 bits per heavy atom. The highest BCUT2D eigenvalue weighted by Crippen LogP contribution is 2.23. The molecule has 0 fully saturated rings. The van der Waals surface area contributed by atoms with E-state index in [0.717, 1.165) is 21.2 Å². The molecule has 0 aliphatic heterocycles. The molecule has 4 heteroatoms. The summed E-state index contributed by atoms with van der Waals surface area (Å²) in [5, 5.41) is 6.18. The number of hydrogen-bond donors (Lipinski definition) is 1. The van der Waals surface area contributed by atoms with Gasteiger partial charge in [0.2, 0.25) is 0 Å². The molecule has 0 aromatic heterocycles. The molecule has 0 saturated heterocycles. The van der Waals surface area contributed by atoms with Crippen molar-refractivity contribution in [3.63, 3.8) is 0 Å². The van der Waals surface area contributed by atoms with Gasteiger partial charge >= 0.3 is 0 Å². The molecule has 126 valence electrons. The van der Waals surface area contributed by atoms with E-state index in [-0.39, 0.29) is 11.2 Å². The molecule has 0 bridgehead atoms. The van der Waals surface area contributed by atoms with Crippen LogP contribution in [0.15, 0.2) is 76.7 Å². The van der Waals surface area contributed by atoms with Gasteiger partial charge in [0, 0.05) is 10.5 Å². The number of hydrazone groups is 1. The molecule has 3 aromatic rings. The van der Waals surface area contributed by atoms with Gasteiger partial charge in [-0.3, -0.25) is 4.79 Å². The molecule has 0 aliphatic carbocycles. The van der Waals surface area contributed by atoms with E-state index in [1.807, 2.05) is 68.4 Å². The zero-order valence-corrected chi connectivity index (χ0v) is 15.1. The quantitative estimate of drug-likeness (QED) is 0.409. The van der Waals surface area contributed by atoms with Crippen LogP contribution >= 0.6 is 11.8 Å². The topological polar surface area (TPSA) is 41.5 Å². The normalized spacial score (nSPS) is 12.4. The maximum atomic E-state index is 12.2. The number of aryl methyl sites for hydroxylation is 1. The van der Waals surface area contributed by atoms with Crippen LogP contribution in [0.2, 0.25) is 0 Å². The number of thioether (sulfide) groups is 1. The van der Waals surface area contributed by atoms with Gasteiger partial charge in [-0.25, -0.2) is 5.43 Å². The molecule has 1 N–H and O–H groups in total. The number of nitrogens with zero attached hydrogens (tertiary/aromatic N) is 1. The third-order valence-corrected chi connectivity index (χ3v) is 5.02. The number of fused-ring (bicyclic) bond motifs is 1. The van der Waals surface area contributed by atoms with Crippen LogP contribution in [0, 0.1) is 6.92 Å². The summed E-state index contributed by atoms with van der Waals surface area (Å²) in [5.74, 6) is -0.109. The molecule has 0 aliphatic rings. The summed E-state index contributed by atoms with van der Waals surface area (Å²) in [6.45, 7) is 3.93. The fraction of sp³-hybridized carbons (Fsp3) is 0.143. The zero-order valence-electron chi connectivity index (χ0n) is 14.3. The maximum absolute atomic E-state index is 12.2. The standard InChI is InChI=1S/C21H20N2OS/c1-15-10-12-19(13-11-15)25-16(2)21(24)23-22-14-18-8-5-7-17-6-3-4-9-20(17)18/h3-14,16H,1-2H3,(H,23,24)/b22-14-/t16-/m1/s1. The summed E-state index contributed by atoms with van der Waals surface area (Å²) in [4.78, 5) is 13.3. The van der Waals surface area contributed by atoms with Crippen molar-refractivity contribution < 1.29 is 4.79 Å². The van der Waals surface area contributed by atoms with Crippen molar-refractivity contribution in [3.8, 4) is 0 Å². The summed E-state index contributed by atoms with van der Waals surface area (Å²) in [7, 11) is 0. The predicted molar refractivity (Wildman–Crippen MR) is 106 cm³/mol. The van der Waals surface area contributed by atoms with Gasteiger partial charge < -0.3 is 0 Å². The smallest absolute Gasteiger partial charge is 0.253 e. The average Bonchev–Trinajstić information content (AvgIpc) is 2.63. The van der Waals surface area contributed by atoms with Crippen LogP contribution in [0.25, 0.3) is 10.8 Å². The van der Waals surface area contributed by atoms with Gasteiger partial charge in [0.15, 0.2) is 0 Å². The molecule has 0 spiro atoms. The Balaban J connectivity index is 1.62. The first kappa shape index (κ1) is 17.2. The van der Waals surface area contributed by atoms with Gasteiger partial charge in [-0.15, -0.1) is 11.8 Å². The van der Waals surface area contributed by atoms with E-state index >= 15 is 0 Å². The minimum atomic E-state index is -0.215. The lowest BCUT2D eigenvalue weighted by molar-refractivity contribution is -0.120. The number of amides is 1. The van der Waals surface area contributed by atoms with Gasteiger partial charge in [-0.2, -0.15) is 5.10 Å². The number of nitrogens with one attached hydrogen (secondary N) is 1. The summed E-state index contributed by atoms with van der Waals surface area (Å²) in [6, 6.07) is 22.3. The number of benzene rings is 3. The number of carbonyl (C=O) groups is 1. The number of carbonyl (C=O) groups excluding carboxylic acids is 1. The summed E-state index contributed by atoms with van der Waals surface area (Å²) >= 11 is 1.52. The highest BCUT2D eigenvalue weighted by Gasteiger charge is 2.13. The summed E-state index contributed by atoms with van der Waals surface area (Å²) in [5.41, 5.74) is 4.83. The van der Waals surface area contributed by atoms with E-state index in [9.17, 15) is 4.79 Å².